The summed E-state index contributed by atoms with van der Waals surface area (Å²) >= 11 is 3.46. The van der Waals surface area contributed by atoms with E-state index >= 15 is 0 Å². The molecule has 1 aromatic carbocycles. The van der Waals surface area contributed by atoms with Gasteiger partial charge in [0.2, 0.25) is 5.91 Å². The van der Waals surface area contributed by atoms with Crippen LogP contribution in [0.2, 0.25) is 0 Å². The Morgan fingerprint density at radius 1 is 1.50 bits per heavy atom. The molecule has 1 atom stereocenters. The van der Waals surface area contributed by atoms with Crippen LogP contribution in [0.25, 0.3) is 0 Å². The van der Waals surface area contributed by atoms with Gasteiger partial charge in [0.25, 0.3) is 0 Å². The number of nitrogens with two attached hydrogens (primary N) is 2. The zero-order chi connectivity index (χ0) is 11.7. The minimum atomic E-state index is -0.412. The van der Waals surface area contributed by atoms with E-state index in [4.69, 9.17) is 11.5 Å². The van der Waals surface area contributed by atoms with E-state index in [0.29, 0.717) is 5.56 Å². The number of halogens is 1. The van der Waals surface area contributed by atoms with Crippen molar-refractivity contribution in [3.63, 3.8) is 0 Å². The second-order valence-electron chi connectivity index (χ2n) is 4.03. The molecule has 1 unspecified atom stereocenters. The molecule has 2 rings (SSSR count). The Bertz CT molecular complexity index is 422. The van der Waals surface area contributed by atoms with Crippen LogP contribution in [0.4, 0.5) is 5.69 Å². The molecule has 1 fully saturated rings. The van der Waals surface area contributed by atoms with E-state index in [9.17, 15) is 4.79 Å². The van der Waals surface area contributed by atoms with Gasteiger partial charge in [-0.05, 0) is 40.5 Å². The van der Waals surface area contributed by atoms with Crippen molar-refractivity contribution in [3.05, 3.63) is 28.2 Å². The van der Waals surface area contributed by atoms with E-state index in [0.717, 1.165) is 29.7 Å². The fourth-order valence-corrected chi connectivity index (χ4v) is 2.55. The smallest absolute Gasteiger partial charge is 0.248 e. The fraction of sp³-hybridized carbons (Fsp3) is 0.364. The molecule has 1 aromatic rings. The molecular formula is C11H14BrN3O. The molecule has 1 aliphatic heterocycles. The summed E-state index contributed by atoms with van der Waals surface area (Å²) in [6, 6.07) is 5.64. The monoisotopic (exact) mass is 283 g/mol. The summed E-state index contributed by atoms with van der Waals surface area (Å²) in [6.45, 7) is 1.81. The van der Waals surface area contributed by atoms with Gasteiger partial charge in [-0.15, -0.1) is 0 Å². The number of anilines is 1. The number of hydrogen-bond acceptors (Lipinski definition) is 3. The Hall–Kier alpha value is -1.07. The van der Waals surface area contributed by atoms with Crippen molar-refractivity contribution in [2.75, 3.05) is 18.0 Å². The van der Waals surface area contributed by atoms with Crippen LogP contribution >= 0.6 is 15.9 Å². The number of nitrogens with zero attached hydrogens (tertiary/aromatic N) is 1. The first-order valence-corrected chi connectivity index (χ1v) is 5.97. The number of rotatable bonds is 2. The van der Waals surface area contributed by atoms with Crippen molar-refractivity contribution in [2.24, 2.45) is 11.5 Å². The third kappa shape index (κ3) is 2.20. The molecule has 0 aliphatic carbocycles. The van der Waals surface area contributed by atoms with E-state index in [1.165, 1.54) is 0 Å². The normalized spacial score (nSPS) is 20.1. The standard InChI is InChI=1S/C11H14BrN3O/c12-9-5-7(11(14)16)1-2-10(9)15-4-3-8(13)6-15/h1-2,5,8H,3-4,6,13H2,(H2,14,16). The van der Waals surface area contributed by atoms with E-state index in [1.807, 2.05) is 6.07 Å². The number of benzene rings is 1. The highest BCUT2D eigenvalue weighted by Gasteiger charge is 2.21. The maximum Gasteiger partial charge on any atom is 0.248 e. The number of carbonyl (C=O) groups excluding carboxylic acids is 1. The maximum atomic E-state index is 11.0. The van der Waals surface area contributed by atoms with E-state index in [1.54, 1.807) is 12.1 Å². The molecule has 86 valence electrons. The van der Waals surface area contributed by atoms with Crippen molar-refractivity contribution in [1.82, 2.24) is 0 Å². The molecule has 16 heavy (non-hydrogen) atoms. The highest BCUT2D eigenvalue weighted by Crippen LogP contribution is 2.29. The van der Waals surface area contributed by atoms with Gasteiger partial charge in [-0.25, -0.2) is 0 Å². The molecule has 1 heterocycles. The third-order valence-electron chi connectivity index (χ3n) is 2.80. The largest absolute Gasteiger partial charge is 0.369 e. The summed E-state index contributed by atoms with van der Waals surface area (Å²) in [6.07, 6.45) is 1.00. The average Bonchev–Trinajstić information content (AvgIpc) is 2.64. The van der Waals surface area contributed by atoms with Crippen molar-refractivity contribution in [3.8, 4) is 0 Å². The van der Waals surface area contributed by atoms with Gasteiger partial charge in [0.1, 0.15) is 0 Å². The van der Waals surface area contributed by atoms with Crippen LogP contribution in [0.3, 0.4) is 0 Å². The van der Waals surface area contributed by atoms with Gasteiger partial charge in [-0.1, -0.05) is 0 Å². The van der Waals surface area contributed by atoms with Crippen LogP contribution in [0.1, 0.15) is 16.8 Å². The van der Waals surface area contributed by atoms with Crippen molar-refractivity contribution < 1.29 is 4.79 Å². The zero-order valence-electron chi connectivity index (χ0n) is 8.82. The Labute approximate surface area is 103 Å². The molecule has 1 amide bonds. The maximum absolute atomic E-state index is 11.0. The summed E-state index contributed by atoms with van der Waals surface area (Å²) in [4.78, 5) is 13.2. The highest BCUT2D eigenvalue weighted by atomic mass is 79.9. The SMILES string of the molecule is NC(=O)c1ccc(N2CCC(N)C2)c(Br)c1. The minimum Gasteiger partial charge on any atom is -0.369 e. The van der Waals surface area contributed by atoms with Gasteiger partial charge in [0.05, 0.1) is 5.69 Å². The van der Waals surface area contributed by atoms with Gasteiger partial charge in [0.15, 0.2) is 0 Å². The zero-order valence-corrected chi connectivity index (χ0v) is 10.4. The van der Waals surface area contributed by atoms with E-state index < -0.39 is 5.91 Å². The summed E-state index contributed by atoms with van der Waals surface area (Å²) < 4.78 is 0.887. The van der Waals surface area contributed by atoms with Crippen molar-refractivity contribution >= 4 is 27.5 Å². The Kier molecular flexibility index (Phi) is 3.16. The predicted molar refractivity (Wildman–Crippen MR) is 67.5 cm³/mol. The van der Waals surface area contributed by atoms with Crippen molar-refractivity contribution in [1.29, 1.82) is 0 Å². The molecule has 5 heteroatoms. The van der Waals surface area contributed by atoms with E-state index in [-0.39, 0.29) is 6.04 Å². The second kappa shape index (κ2) is 4.43. The first kappa shape index (κ1) is 11.4. The predicted octanol–water partition coefficient (Wildman–Crippen LogP) is 1.09. The van der Waals surface area contributed by atoms with Crippen LogP contribution in [-0.4, -0.2) is 25.0 Å². The number of amides is 1. The van der Waals surface area contributed by atoms with Gasteiger partial charge in [0, 0.05) is 29.2 Å². The van der Waals surface area contributed by atoms with Gasteiger partial charge >= 0.3 is 0 Å². The number of carbonyl (C=O) groups is 1. The van der Waals surface area contributed by atoms with Crippen LogP contribution in [-0.2, 0) is 0 Å². The van der Waals surface area contributed by atoms with Crippen molar-refractivity contribution in [2.45, 2.75) is 12.5 Å². The van der Waals surface area contributed by atoms with Crippen LogP contribution in [0.15, 0.2) is 22.7 Å². The molecule has 0 saturated carbocycles. The lowest BCUT2D eigenvalue weighted by atomic mass is 10.2. The topological polar surface area (TPSA) is 72.4 Å². The molecule has 0 radical (unpaired) electrons. The summed E-state index contributed by atoms with van der Waals surface area (Å²) in [7, 11) is 0. The first-order valence-electron chi connectivity index (χ1n) is 5.18. The lowest BCUT2D eigenvalue weighted by Crippen LogP contribution is -2.26. The summed E-state index contributed by atoms with van der Waals surface area (Å²) in [5.41, 5.74) is 12.7. The molecular weight excluding hydrogens is 270 g/mol. The van der Waals surface area contributed by atoms with Crippen LogP contribution < -0.4 is 16.4 Å². The lowest BCUT2D eigenvalue weighted by molar-refractivity contribution is 0.100. The van der Waals surface area contributed by atoms with Gasteiger partial charge in [-0.2, -0.15) is 0 Å². The molecule has 1 aliphatic rings. The number of hydrogen-bond donors (Lipinski definition) is 2. The highest BCUT2D eigenvalue weighted by molar-refractivity contribution is 9.10. The summed E-state index contributed by atoms with van der Waals surface area (Å²) in [5.74, 6) is -0.412. The number of primary amides is 1. The third-order valence-corrected chi connectivity index (χ3v) is 3.43. The second-order valence-corrected chi connectivity index (χ2v) is 4.88. The Morgan fingerprint density at radius 2 is 2.25 bits per heavy atom. The molecule has 0 aromatic heterocycles. The van der Waals surface area contributed by atoms with E-state index in [2.05, 4.69) is 20.8 Å². The fourth-order valence-electron chi connectivity index (χ4n) is 1.92. The molecule has 0 bridgehead atoms. The molecule has 0 spiro atoms. The summed E-state index contributed by atoms with van der Waals surface area (Å²) in [5, 5.41) is 0. The molecule has 4 nitrogen and oxygen atoms in total. The molecule has 1 saturated heterocycles. The first-order chi connectivity index (χ1) is 7.58. The van der Waals surface area contributed by atoms with Gasteiger partial charge < -0.3 is 16.4 Å². The minimum absolute atomic E-state index is 0.239. The van der Waals surface area contributed by atoms with Crippen LogP contribution in [0, 0.1) is 0 Å². The van der Waals surface area contributed by atoms with Gasteiger partial charge in [-0.3, -0.25) is 4.79 Å². The Morgan fingerprint density at radius 3 is 2.75 bits per heavy atom. The Balaban J connectivity index is 2.26. The van der Waals surface area contributed by atoms with Crippen LogP contribution in [0.5, 0.6) is 0 Å². The molecule has 4 N–H and O–H groups in total. The lowest BCUT2D eigenvalue weighted by Gasteiger charge is -2.19. The average molecular weight is 284 g/mol. The quantitative estimate of drug-likeness (QED) is 0.853.